The summed E-state index contributed by atoms with van der Waals surface area (Å²) in [4.78, 5) is 25.4. The molecule has 1 aromatic carbocycles. The molecule has 2 saturated heterocycles. The molecule has 0 unspecified atom stereocenters. The van der Waals surface area contributed by atoms with Crippen LogP contribution in [-0.4, -0.2) is 48.6 Å². The number of rotatable bonds is 5. The number of amides is 2. The van der Waals surface area contributed by atoms with Crippen LogP contribution in [0.4, 0.5) is 0 Å². The Balaban J connectivity index is 1.37. The molecule has 0 saturated carbocycles. The Bertz CT molecular complexity index is 538. The maximum absolute atomic E-state index is 12.3. The third-order valence-electron chi connectivity index (χ3n) is 4.63. The number of likely N-dealkylation sites (tertiary alicyclic amines) is 1. The van der Waals surface area contributed by atoms with Gasteiger partial charge in [0.2, 0.25) is 11.8 Å². The molecule has 0 aliphatic carbocycles. The third-order valence-corrected chi connectivity index (χ3v) is 4.63. The molecule has 5 nitrogen and oxygen atoms in total. The summed E-state index contributed by atoms with van der Waals surface area (Å²) in [6.07, 6.45) is 4.01. The van der Waals surface area contributed by atoms with Crippen LogP contribution in [0.3, 0.4) is 0 Å². The van der Waals surface area contributed by atoms with Gasteiger partial charge in [-0.25, -0.2) is 0 Å². The Labute approximate surface area is 137 Å². The van der Waals surface area contributed by atoms with Crippen LogP contribution in [0.15, 0.2) is 30.3 Å². The van der Waals surface area contributed by atoms with Gasteiger partial charge >= 0.3 is 0 Å². The summed E-state index contributed by atoms with van der Waals surface area (Å²) in [5, 5.41) is 2.75. The predicted molar refractivity (Wildman–Crippen MR) is 86.9 cm³/mol. The van der Waals surface area contributed by atoms with Crippen LogP contribution in [0.1, 0.15) is 31.2 Å². The number of hydrogen-bond acceptors (Lipinski definition) is 3. The molecule has 3 rings (SSSR count). The molecule has 2 aliphatic heterocycles. The summed E-state index contributed by atoms with van der Waals surface area (Å²) in [5.41, 5.74) is 1.29. The second-order valence-electron chi connectivity index (χ2n) is 6.29. The molecule has 1 aromatic rings. The Morgan fingerprint density at radius 3 is 2.57 bits per heavy atom. The van der Waals surface area contributed by atoms with Gasteiger partial charge < -0.3 is 15.0 Å². The van der Waals surface area contributed by atoms with Crippen molar-refractivity contribution in [1.29, 1.82) is 0 Å². The molecular weight excluding hydrogens is 292 g/mol. The average molecular weight is 316 g/mol. The van der Waals surface area contributed by atoms with Gasteiger partial charge in [0, 0.05) is 19.5 Å². The minimum absolute atomic E-state index is 0.0116. The number of ether oxygens (including phenoxy) is 1. The van der Waals surface area contributed by atoms with Crippen molar-refractivity contribution in [2.24, 2.45) is 0 Å². The highest BCUT2D eigenvalue weighted by atomic mass is 16.5. The number of hydrogen-bond donors (Lipinski definition) is 1. The van der Waals surface area contributed by atoms with E-state index in [4.69, 9.17) is 4.74 Å². The van der Waals surface area contributed by atoms with Crippen molar-refractivity contribution in [2.45, 2.75) is 44.2 Å². The molecule has 1 N–H and O–H groups in total. The van der Waals surface area contributed by atoms with Gasteiger partial charge in [-0.1, -0.05) is 30.3 Å². The van der Waals surface area contributed by atoms with Crippen LogP contribution < -0.4 is 5.32 Å². The summed E-state index contributed by atoms with van der Waals surface area (Å²) >= 11 is 0. The van der Waals surface area contributed by atoms with Crippen LogP contribution in [-0.2, 0) is 20.7 Å². The van der Waals surface area contributed by atoms with Crippen LogP contribution in [0.2, 0.25) is 0 Å². The largest absolute Gasteiger partial charge is 0.378 e. The Hall–Kier alpha value is -1.88. The molecule has 0 radical (unpaired) electrons. The fourth-order valence-electron chi connectivity index (χ4n) is 3.25. The molecule has 2 amide bonds. The fourth-order valence-corrected chi connectivity index (χ4v) is 3.25. The van der Waals surface area contributed by atoms with E-state index in [0.29, 0.717) is 12.8 Å². The molecule has 2 heterocycles. The second kappa shape index (κ2) is 7.59. The smallest absolute Gasteiger partial charge is 0.245 e. The Morgan fingerprint density at radius 1 is 1.17 bits per heavy atom. The van der Waals surface area contributed by atoms with E-state index in [-0.39, 0.29) is 24.0 Å². The van der Waals surface area contributed by atoms with Gasteiger partial charge in [0.05, 0.1) is 12.7 Å². The van der Waals surface area contributed by atoms with Crippen molar-refractivity contribution >= 4 is 11.8 Å². The molecule has 23 heavy (non-hydrogen) atoms. The van der Waals surface area contributed by atoms with E-state index < -0.39 is 0 Å². The minimum atomic E-state index is -0.307. The van der Waals surface area contributed by atoms with Gasteiger partial charge in [-0.3, -0.25) is 9.59 Å². The minimum Gasteiger partial charge on any atom is -0.378 e. The SMILES string of the molecule is O=C1CC[C@H](C(=O)N2CCC(OCCc3ccccc3)CC2)N1. The van der Waals surface area contributed by atoms with E-state index in [1.54, 1.807) is 0 Å². The van der Waals surface area contributed by atoms with Crippen molar-refractivity contribution in [3.63, 3.8) is 0 Å². The number of carbonyl (C=O) groups excluding carboxylic acids is 2. The molecular formula is C18H24N2O3. The van der Waals surface area contributed by atoms with E-state index in [2.05, 4.69) is 17.4 Å². The summed E-state index contributed by atoms with van der Waals surface area (Å²) in [7, 11) is 0. The van der Waals surface area contributed by atoms with Crippen LogP contribution in [0, 0.1) is 0 Å². The van der Waals surface area contributed by atoms with Crippen LogP contribution in [0.5, 0.6) is 0 Å². The van der Waals surface area contributed by atoms with Crippen molar-refractivity contribution < 1.29 is 14.3 Å². The van der Waals surface area contributed by atoms with E-state index in [1.807, 2.05) is 23.1 Å². The number of carbonyl (C=O) groups is 2. The molecule has 2 fully saturated rings. The fraction of sp³-hybridized carbons (Fsp3) is 0.556. The summed E-state index contributed by atoms with van der Waals surface area (Å²) in [6.45, 7) is 2.17. The zero-order chi connectivity index (χ0) is 16.1. The summed E-state index contributed by atoms with van der Waals surface area (Å²) in [5.74, 6) is 0.0565. The van der Waals surface area contributed by atoms with Gasteiger partial charge in [-0.2, -0.15) is 0 Å². The molecule has 124 valence electrons. The molecule has 2 aliphatic rings. The lowest BCUT2D eigenvalue weighted by Gasteiger charge is -2.33. The van der Waals surface area contributed by atoms with Gasteiger partial charge in [0.15, 0.2) is 0 Å². The number of piperidine rings is 1. The van der Waals surface area contributed by atoms with E-state index in [9.17, 15) is 9.59 Å². The predicted octanol–water partition coefficient (Wildman–Crippen LogP) is 1.52. The highest BCUT2D eigenvalue weighted by Gasteiger charge is 2.32. The standard InChI is InChI=1S/C18H24N2O3/c21-17-7-6-16(19-17)18(22)20-11-8-15(9-12-20)23-13-10-14-4-2-1-3-5-14/h1-5,15-16H,6-13H2,(H,19,21)/t16-/m1/s1. The van der Waals surface area contributed by atoms with Crippen molar-refractivity contribution in [1.82, 2.24) is 10.2 Å². The van der Waals surface area contributed by atoms with E-state index >= 15 is 0 Å². The van der Waals surface area contributed by atoms with Crippen LogP contribution >= 0.6 is 0 Å². The zero-order valence-corrected chi connectivity index (χ0v) is 13.4. The molecule has 1 atom stereocenters. The normalized spacial score (nSPS) is 22.2. The highest BCUT2D eigenvalue weighted by Crippen LogP contribution is 2.17. The highest BCUT2D eigenvalue weighted by molar-refractivity contribution is 5.90. The first-order valence-corrected chi connectivity index (χ1v) is 8.46. The number of nitrogens with zero attached hydrogens (tertiary/aromatic N) is 1. The van der Waals surface area contributed by atoms with Crippen molar-refractivity contribution in [3.8, 4) is 0 Å². The monoisotopic (exact) mass is 316 g/mol. The zero-order valence-electron chi connectivity index (χ0n) is 13.4. The first-order chi connectivity index (χ1) is 11.2. The Morgan fingerprint density at radius 2 is 1.91 bits per heavy atom. The van der Waals surface area contributed by atoms with Gasteiger partial charge in [-0.15, -0.1) is 0 Å². The maximum atomic E-state index is 12.3. The molecule has 0 bridgehead atoms. The number of nitrogens with one attached hydrogen (secondary N) is 1. The second-order valence-corrected chi connectivity index (χ2v) is 6.29. The van der Waals surface area contributed by atoms with Crippen molar-refractivity contribution in [2.75, 3.05) is 19.7 Å². The van der Waals surface area contributed by atoms with Gasteiger partial charge in [0.1, 0.15) is 6.04 Å². The van der Waals surface area contributed by atoms with E-state index in [0.717, 1.165) is 39.0 Å². The lowest BCUT2D eigenvalue weighted by atomic mass is 10.1. The third kappa shape index (κ3) is 4.32. The topological polar surface area (TPSA) is 58.6 Å². The lowest BCUT2D eigenvalue weighted by Crippen LogP contribution is -2.48. The van der Waals surface area contributed by atoms with Gasteiger partial charge in [-0.05, 0) is 31.2 Å². The first-order valence-electron chi connectivity index (χ1n) is 8.46. The van der Waals surface area contributed by atoms with Gasteiger partial charge in [0.25, 0.3) is 0 Å². The summed E-state index contributed by atoms with van der Waals surface area (Å²) < 4.78 is 5.95. The average Bonchev–Trinajstić information content (AvgIpc) is 3.02. The molecule has 5 heteroatoms. The maximum Gasteiger partial charge on any atom is 0.245 e. The molecule has 0 aromatic heterocycles. The Kier molecular flexibility index (Phi) is 5.28. The first kappa shape index (κ1) is 16.0. The van der Waals surface area contributed by atoms with Crippen LogP contribution in [0.25, 0.3) is 0 Å². The lowest BCUT2D eigenvalue weighted by molar-refractivity contribution is -0.136. The molecule has 0 spiro atoms. The quantitative estimate of drug-likeness (QED) is 0.896. The summed E-state index contributed by atoms with van der Waals surface area (Å²) in [6, 6.07) is 10.0. The van der Waals surface area contributed by atoms with E-state index in [1.165, 1.54) is 5.56 Å². The number of benzene rings is 1. The van der Waals surface area contributed by atoms with Crippen molar-refractivity contribution in [3.05, 3.63) is 35.9 Å².